The third kappa shape index (κ3) is 3.35. The zero-order valence-electron chi connectivity index (χ0n) is 18.0. The molecule has 4 rings (SSSR count). The Morgan fingerprint density at radius 1 is 1.03 bits per heavy atom. The van der Waals surface area contributed by atoms with Crippen LogP contribution in [0.15, 0.2) is 54.6 Å². The van der Waals surface area contributed by atoms with E-state index in [1.807, 2.05) is 68.4 Å². The fraction of sp³-hybridized carbons (Fsp3) is 0.400. The number of carboxylic acid groups (broad SMARTS) is 1. The maximum atomic E-state index is 13.2. The van der Waals surface area contributed by atoms with Crippen LogP contribution in [0.3, 0.4) is 0 Å². The monoisotopic (exact) mass is 420 g/mol. The Labute approximate surface area is 182 Å². The van der Waals surface area contributed by atoms with Gasteiger partial charge in [-0.25, -0.2) is 0 Å². The zero-order chi connectivity index (χ0) is 22.3. The van der Waals surface area contributed by atoms with Crippen LogP contribution in [0.2, 0.25) is 0 Å². The molecule has 4 unspecified atom stereocenters. The molecule has 2 aliphatic rings. The van der Waals surface area contributed by atoms with Crippen molar-refractivity contribution >= 4 is 17.8 Å². The molecule has 6 heteroatoms. The third-order valence-electron chi connectivity index (χ3n) is 6.55. The highest BCUT2D eigenvalue weighted by Gasteiger charge is 2.68. The molecule has 0 bridgehead atoms. The summed E-state index contributed by atoms with van der Waals surface area (Å²) in [6, 6.07) is 17.2. The maximum Gasteiger partial charge on any atom is 0.324 e. The number of imide groups is 1. The van der Waals surface area contributed by atoms with E-state index in [9.17, 15) is 19.5 Å². The Morgan fingerprint density at radius 3 is 2.19 bits per heavy atom. The molecule has 2 aromatic rings. The average Bonchev–Trinajstić information content (AvgIpc) is 3.22. The number of amides is 2. The van der Waals surface area contributed by atoms with Crippen molar-refractivity contribution < 1.29 is 19.5 Å². The van der Waals surface area contributed by atoms with Crippen molar-refractivity contribution in [1.82, 2.24) is 10.2 Å². The van der Waals surface area contributed by atoms with Gasteiger partial charge in [-0.3, -0.25) is 24.6 Å². The summed E-state index contributed by atoms with van der Waals surface area (Å²) < 4.78 is 0. The minimum absolute atomic E-state index is 0.0436. The summed E-state index contributed by atoms with van der Waals surface area (Å²) in [4.78, 5) is 40.1. The lowest BCUT2D eigenvalue weighted by Gasteiger charge is -2.32. The molecule has 162 valence electrons. The van der Waals surface area contributed by atoms with Crippen LogP contribution in [0.4, 0.5) is 0 Å². The van der Waals surface area contributed by atoms with Crippen LogP contribution in [-0.2, 0) is 14.4 Å². The van der Waals surface area contributed by atoms with Gasteiger partial charge in [0.15, 0.2) is 0 Å². The molecule has 0 spiro atoms. The van der Waals surface area contributed by atoms with Gasteiger partial charge in [0.25, 0.3) is 0 Å². The largest absolute Gasteiger partial charge is 0.480 e. The minimum atomic E-state index is -1.46. The molecule has 2 heterocycles. The van der Waals surface area contributed by atoms with Crippen LogP contribution in [0.5, 0.6) is 0 Å². The second-order valence-electron chi connectivity index (χ2n) is 8.91. The number of hydrogen-bond acceptors (Lipinski definition) is 4. The summed E-state index contributed by atoms with van der Waals surface area (Å²) in [7, 11) is 0. The summed E-state index contributed by atoms with van der Waals surface area (Å²) in [6.45, 7) is 5.87. The number of carbonyl (C=O) groups is 3. The van der Waals surface area contributed by atoms with Crippen LogP contribution < -0.4 is 5.32 Å². The summed E-state index contributed by atoms with van der Waals surface area (Å²) in [5, 5.41) is 13.5. The van der Waals surface area contributed by atoms with Crippen LogP contribution in [-0.4, -0.2) is 39.9 Å². The van der Waals surface area contributed by atoms with Gasteiger partial charge in [-0.2, -0.15) is 0 Å². The Hall–Kier alpha value is -2.99. The van der Waals surface area contributed by atoms with Crippen LogP contribution >= 0.6 is 0 Å². The molecule has 4 atom stereocenters. The van der Waals surface area contributed by atoms with Gasteiger partial charge < -0.3 is 5.11 Å². The Kier molecular flexibility index (Phi) is 5.43. The number of nitrogens with zero attached hydrogens (tertiary/aromatic N) is 1. The molecule has 2 aromatic carbocycles. The van der Waals surface area contributed by atoms with Crippen molar-refractivity contribution in [3.63, 3.8) is 0 Å². The van der Waals surface area contributed by atoms with Gasteiger partial charge in [-0.05, 0) is 36.0 Å². The first-order chi connectivity index (χ1) is 14.8. The fourth-order valence-electron chi connectivity index (χ4n) is 5.29. The predicted octanol–water partition coefficient (Wildman–Crippen LogP) is 3.49. The van der Waals surface area contributed by atoms with Crippen molar-refractivity contribution in [2.24, 2.45) is 17.8 Å². The number of benzene rings is 2. The lowest BCUT2D eigenvalue weighted by Crippen LogP contribution is -2.56. The molecular formula is C25H28N2O4. The molecule has 2 amide bonds. The zero-order valence-corrected chi connectivity index (χ0v) is 18.0. The van der Waals surface area contributed by atoms with Crippen molar-refractivity contribution in [3.05, 3.63) is 60.2 Å². The normalized spacial score (nSPS) is 27.7. The van der Waals surface area contributed by atoms with Gasteiger partial charge in [0, 0.05) is 12.6 Å². The van der Waals surface area contributed by atoms with Gasteiger partial charge in [-0.15, -0.1) is 0 Å². The molecule has 0 aliphatic carbocycles. The van der Waals surface area contributed by atoms with E-state index in [4.69, 9.17) is 0 Å². The topological polar surface area (TPSA) is 86.7 Å². The standard InChI is InChI=1S/C25H28N2O4/c1-4-27-22(28)19-20(23(27)29)25(24(30)31,14-15(2)3)26-21(19)18-12-10-17(11-13-18)16-8-6-5-7-9-16/h5-13,15,19-21,26H,4,14H2,1-3H3,(H,30,31). The molecule has 0 radical (unpaired) electrons. The summed E-state index contributed by atoms with van der Waals surface area (Å²) in [6.07, 6.45) is 0.276. The van der Waals surface area contributed by atoms with E-state index in [1.54, 1.807) is 6.92 Å². The number of carboxylic acids is 1. The van der Waals surface area contributed by atoms with Crippen molar-refractivity contribution in [1.29, 1.82) is 0 Å². The van der Waals surface area contributed by atoms with E-state index in [1.165, 1.54) is 4.90 Å². The van der Waals surface area contributed by atoms with Crippen molar-refractivity contribution in [2.45, 2.75) is 38.8 Å². The van der Waals surface area contributed by atoms with Gasteiger partial charge in [0.05, 0.1) is 11.8 Å². The van der Waals surface area contributed by atoms with E-state index in [-0.39, 0.29) is 30.7 Å². The molecular weight excluding hydrogens is 392 g/mol. The molecule has 0 aromatic heterocycles. The van der Waals surface area contributed by atoms with Gasteiger partial charge in [-0.1, -0.05) is 68.4 Å². The maximum absolute atomic E-state index is 13.2. The molecule has 2 fully saturated rings. The highest BCUT2D eigenvalue weighted by atomic mass is 16.4. The van der Waals surface area contributed by atoms with Crippen LogP contribution in [0.1, 0.15) is 38.8 Å². The van der Waals surface area contributed by atoms with Crippen molar-refractivity contribution in [3.8, 4) is 11.1 Å². The number of hydrogen-bond donors (Lipinski definition) is 2. The summed E-state index contributed by atoms with van der Waals surface area (Å²) in [5.41, 5.74) is 1.48. The number of carbonyl (C=O) groups excluding carboxylic acids is 2. The Balaban J connectivity index is 1.76. The molecule has 2 aliphatic heterocycles. The number of rotatable bonds is 6. The molecule has 6 nitrogen and oxygen atoms in total. The predicted molar refractivity (Wildman–Crippen MR) is 117 cm³/mol. The SMILES string of the molecule is CCN1C(=O)C2C(c3ccc(-c4ccccc4)cc3)NC(CC(C)C)(C(=O)O)C2C1=O. The average molecular weight is 421 g/mol. The Morgan fingerprint density at radius 2 is 1.65 bits per heavy atom. The number of fused-ring (bicyclic) bond motifs is 1. The van der Waals surface area contributed by atoms with E-state index in [2.05, 4.69) is 5.32 Å². The van der Waals surface area contributed by atoms with Gasteiger partial charge in [0.2, 0.25) is 11.8 Å². The first-order valence-electron chi connectivity index (χ1n) is 10.8. The van der Waals surface area contributed by atoms with E-state index in [0.717, 1.165) is 16.7 Å². The van der Waals surface area contributed by atoms with Crippen LogP contribution in [0, 0.1) is 17.8 Å². The lowest BCUT2D eigenvalue weighted by atomic mass is 9.75. The molecule has 0 saturated carbocycles. The first kappa shape index (κ1) is 21.2. The number of nitrogens with one attached hydrogen (secondary N) is 1. The van der Waals surface area contributed by atoms with E-state index < -0.39 is 29.4 Å². The second-order valence-corrected chi connectivity index (χ2v) is 8.91. The highest BCUT2D eigenvalue weighted by Crippen LogP contribution is 2.51. The van der Waals surface area contributed by atoms with E-state index >= 15 is 0 Å². The Bertz CT molecular complexity index is 1000. The lowest BCUT2D eigenvalue weighted by molar-refractivity contribution is -0.152. The molecule has 2 saturated heterocycles. The van der Waals surface area contributed by atoms with Crippen LogP contribution in [0.25, 0.3) is 11.1 Å². The molecule has 2 N–H and O–H groups in total. The summed E-state index contributed by atoms with van der Waals surface area (Å²) >= 11 is 0. The minimum Gasteiger partial charge on any atom is -0.480 e. The van der Waals surface area contributed by atoms with Gasteiger partial charge >= 0.3 is 5.97 Å². The quantitative estimate of drug-likeness (QED) is 0.699. The van der Waals surface area contributed by atoms with Gasteiger partial charge in [0.1, 0.15) is 5.54 Å². The first-order valence-corrected chi connectivity index (χ1v) is 10.8. The number of aliphatic carboxylic acids is 1. The fourth-order valence-corrected chi connectivity index (χ4v) is 5.29. The van der Waals surface area contributed by atoms with Crippen molar-refractivity contribution in [2.75, 3.05) is 6.54 Å². The smallest absolute Gasteiger partial charge is 0.324 e. The highest BCUT2D eigenvalue weighted by molar-refractivity contribution is 6.09. The molecule has 31 heavy (non-hydrogen) atoms. The second kappa shape index (κ2) is 7.93. The summed E-state index contributed by atoms with van der Waals surface area (Å²) in [5.74, 6) is -3.31. The number of likely N-dealkylation sites (tertiary alicyclic amines) is 1. The van der Waals surface area contributed by atoms with E-state index in [0.29, 0.717) is 0 Å². The third-order valence-corrected chi connectivity index (χ3v) is 6.55.